The second-order valence-corrected chi connectivity index (χ2v) is 4.20. The Morgan fingerprint density at radius 2 is 2.58 bits per heavy atom. The van der Waals surface area contributed by atoms with E-state index >= 15 is 0 Å². The number of thioether (sulfide) groups is 1. The van der Waals surface area contributed by atoms with E-state index in [1.807, 2.05) is 6.92 Å². The fraction of sp³-hybridized carbons (Fsp3) is 0.429. The number of nitrogens with zero attached hydrogens (tertiary/aromatic N) is 1. The fourth-order valence-corrected chi connectivity index (χ4v) is 2.09. The van der Waals surface area contributed by atoms with Gasteiger partial charge in [0.25, 0.3) is 0 Å². The van der Waals surface area contributed by atoms with Crippen molar-refractivity contribution in [3.63, 3.8) is 0 Å². The van der Waals surface area contributed by atoms with E-state index in [4.69, 9.17) is 5.11 Å². The van der Waals surface area contributed by atoms with E-state index in [1.165, 1.54) is 0 Å². The zero-order valence-corrected chi connectivity index (χ0v) is 8.24. The van der Waals surface area contributed by atoms with E-state index in [-0.39, 0.29) is 0 Å². The molecule has 1 aromatic heterocycles. The molecule has 1 heterocycles. The van der Waals surface area contributed by atoms with E-state index in [0.717, 1.165) is 28.6 Å². The summed E-state index contributed by atoms with van der Waals surface area (Å²) >= 11 is 2.75. The summed E-state index contributed by atoms with van der Waals surface area (Å²) in [5, 5.41) is 8.72. The summed E-state index contributed by atoms with van der Waals surface area (Å²) in [7, 11) is 0. The topological polar surface area (TPSA) is 50.2 Å². The number of aromatic nitrogens is 1. The third-order valence-electron chi connectivity index (χ3n) is 1.30. The minimum Gasteiger partial charge on any atom is -0.477 e. The Labute approximate surface area is 79.0 Å². The molecule has 0 bridgehead atoms. The standard InChI is InChI=1S/C7H9NO2S2/c1-2-11-4-5-3-8-12-6(5)7(9)10/h3H,2,4H2,1H3,(H,9,10). The first-order valence-corrected chi connectivity index (χ1v) is 5.43. The third-order valence-corrected chi connectivity index (χ3v) is 3.05. The summed E-state index contributed by atoms with van der Waals surface area (Å²) in [6, 6.07) is 0. The van der Waals surface area contributed by atoms with Gasteiger partial charge < -0.3 is 5.11 Å². The second-order valence-electron chi connectivity index (χ2n) is 2.12. The van der Waals surface area contributed by atoms with Gasteiger partial charge in [-0.3, -0.25) is 0 Å². The molecule has 0 radical (unpaired) electrons. The molecule has 0 unspecified atom stereocenters. The van der Waals surface area contributed by atoms with Gasteiger partial charge in [0.2, 0.25) is 0 Å². The van der Waals surface area contributed by atoms with Gasteiger partial charge in [-0.2, -0.15) is 16.1 Å². The van der Waals surface area contributed by atoms with Gasteiger partial charge in [-0.25, -0.2) is 4.79 Å². The van der Waals surface area contributed by atoms with Crippen molar-refractivity contribution in [2.24, 2.45) is 0 Å². The Bertz CT molecular complexity index is 272. The Hall–Kier alpha value is -0.550. The molecule has 0 saturated heterocycles. The highest BCUT2D eigenvalue weighted by atomic mass is 32.2. The molecule has 1 N–H and O–H groups in total. The number of carboxylic acids is 1. The van der Waals surface area contributed by atoms with Crippen molar-refractivity contribution in [3.8, 4) is 0 Å². The second kappa shape index (κ2) is 4.47. The summed E-state index contributed by atoms with van der Waals surface area (Å²) in [4.78, 5) is 11.0. The van der Waals surface area contributed by atoms with Crippen molar-refractivity contribution >= 4 is 29.3 Å². The van der Waals surface area contributed by atoms with Gasteiger partial charge in [-0.1, -0.05) is 6.92 Å². The first kappa shape index (κ1) is 9.54. The zero-order valence-electron chi connectivity index (χ0n) is 6.61. The Kier molecular flexibility index (Phi) is 3.55. The van der Waals surface area contributed by atoms with Gasteiger partial charge in [-0.05, 0) is 17.3 Å². The minimum absolute atomic E-state index is 0.371. The molecule has 0 aliphatic carbocycles. The molecule has 66 valence electrons. The molecule has 0 aromatic carbocycles. The van der Waals surface area contributed by atoms with Crippen molar-refractivity contribution in [2.45, 2.75) is 12.7 Å². The molecular weight excluding hydrogens is 194 g/mol. The fourth-order valence-electron chi connectivity index (χ4n) is 0.751. The first-order chi connectivity index (χ1) is 5.75. The lowest BCUT2D eigenvalue weighted by Gasteiger charge is -1.95. The molecule has 0 amide bonds. The number of hydrogen-bond donors (Lipinski definition) is 1. The van der Waals surface area contributed by atoms with E-state index in [0.29, 0.717) is 4.88 Å². The number of rotatable bonds is 4. The van der Waals surface area contributed by atoms with Crippen molar-refractivity contribution in [2.75, 3.05) is 5.75 Å². The third kappa shape index (κ3) is 2.22. The monoisotopic (exact) mass is 203 g/mol. The molecule has 12 heavy (non-hydrogen) atoms. The number of carbonyl (C=O) groups is 1. The van der Waals surface area contributed by atoms with Crippen LogP contribution in [0.2, 0.25) is 0 Å². The van der Waals surface area contributed by atoms with Crippen LogP contribution >= 0.6 is 23.3 Å². The van der Waals surface area contributed by atoms with E-state index in [1.54, 1.807) is 18.0 Å². The summed E-state index contributed by atoms with van der Waals surface area (Å²) in [6.07, 6.45) is 1.64. The molecule has 1 aromatic rings. The Balaban J connectivity index is 2.70. The van der Waals surface area contributed by atoms with Crippen LogP contribution < -0.4 is 0 Å². The average molecular weight is 203 g/mol. The van der Waals surface area contributed by atoms with Crippen molar-refractivity contribution < 1.29 is 9.90 Å². The Morgan fingerprint density at radius 3 is 3.17 bits per heavy atom. The molecule has 0 aliphatic heterocycles. The highest BCUT2D eigenvalue weighted by Gasteiger charge is 2.11. The van der Waals surface area contributed by atoms with Crippen LogP contribution in [0.5, 0.6) is 0 Å². The van der Waals surface area contributed by atoms with Crippen molar-refractivity contribution in [3.05, 3.63) is 16.6 Å². The summed E-state index contributed by atoms with van der Waals surface area (Å²) in [5.74, 6) is 0.869. The maximum absolute atomic E-state index is 10.6. The highest BCUT2D eigenvalue weighted by molar-refractivity contribution is 7.98. The van der Waals surface area contributed by atoms with Crippen LogP contribution in [0.1, 0.15) is 22.2 Å². The van der Waals surface area contributed by atoms with Gasteiger partial charge >= 0.3 is 5.97 Å². The average Bonchev–Trinajstić information content (AvgIpc) is 2.48. The quantitative estimate of drug-likeness (QED) is 0.814. The largest absolute Gasteiger partial charge is 0.477 e. The van der Waals surface area contributed by atoms with Gasteiger partial charge in [0.15, 0.2) is 0 Å². The van der Waals surface area contributed by atoms with Gasteiger partial charge in [0, 0.05) is 17.5 Å². The molecule has 0 fully saturated rings. The molecular formula is C7H9NO2S2. The van der Waals surface area contributed by atoms with Crippen LogP contribution in [0, 0.1) is 0 Å². The predicted molar refractivity (Wildman–Crippen MR) is 50.9 cm³/mol. The normalized spacial score (nSPS) is 10.1. The van der Waals surface area contributed by atoms with Crippen LogP contribution in [-0.4, -0.2) is 21.2 Å². The van der Waals surface area contributed by atoms with Crippen LogP contribution in [0.3, 0.4) is 0 Å². The Morgan fingerprint density at radius 1 is 1.83 bits per heavy atom. The maximum Gasteiger partial charge on any atom is 0.347 e. The number of aromatic carboxylic acids is 1. The van der Waals surface area contributed by atoms with Crippen molar-refractivity contribution in [1.29, 1.82) is 0 Å². The van der Waals surface area contributed by atoms with E-state index in [2.05, 4.69) is 4.37 Å². The molecule has 1 rings (SSSR count). The molecule has 0 atom stereocenters. The summed E-state index contributed by atoms with van der Waals surface area (Å²) in [5.41, 5.74) is 0.833. The smallest absolute Gasteiger partial charge is 0.347 e. The molecule has 5 heteroatoms. The number of carboxylic acid groups (broad SMARTS) is 1. The molecule has 0 saturated carbocycles. The van der Waals surface area contributed by atoms with Gasteiger partial charge in [0.05, 0.1) is 0 Å². The van der Waals surface area contributed by atoms with Crippen LogP contribution in [0.15, 0.2) is 6.20 Å². The lowest BCUT2D eigenvalue weighted by molar-refractivity contribution is 0.0701. The van der Waals surface area contributed by atoms with E-state index in [9.17, 15) is 4.79 Å². The highest BCUT2D eigenvalue weighted by Crippen LogP contribution is 2.19. The van der Waals surface area contributed by atoms with Gasteiger partial charge in [0.1, 0.15) is 4.88 Å². The van der Waals surface area contributed by atoms with Crippen LogP contribution in [0.4, 0.5) is 0 Å². The molecule has 0 spiro atoms. The van der Waals surface area contributed by atoms with Crippen LogP contribution in [0.25, 0.3) is 0 Å². The van der Waals surface area contributed by atoms with Gasteiger partial charge in [-0.15, -0.1) is 0 Å². The molecule has 0 aliphatic rings. The minimum atomic E-state index is -0.871. The lowest BCUT2D eigenvalue weighted by Crippen LogP contribution is -1.96. The lowest BCUT2D eigenvalue weighted by atomic mass is 10.3. The zero-order chi connectivity index (χ0) is 8.97. The first-order valence-electron chi connectivity index (χ1n) is 3.50. The molecule has 3 nitrogen and oxygen atoms in total. The number of hydrogen-bond acceptors (Lipinski definition) is 4. The summed E-state index contributed by atoms with van der Waals surface area (Å²) < 4.78 is 3.84. The summed E-state index contributed by atoms with van der Waals surface area (Å²) in [6.45, 7) is 2.05. The van der Waals surface area contributed by atoms with E-state index < -0.39 is 5.97 Å². The predicted octanol–water partition coefficient (Wildman–Crippen LogP) is 2.09. The SMILES string of the molecule is CCSCc1cnsc1C(=O)O. The van der Waals surface area contributed by atoms with Crippen molar-refractivity contribution in [1.82, 2.24) is 4.37 Å². The maximum atomic E-state index is 10.6. The van der Waals surface area contributed by atoms with Crippen LogP contribution in [-0.2, 0) is 5.75 Å².